The van der Waals surface area contributed by atoms with Gasteiger partial charge in [-0.05, 0) is 25.5 Å². The third kappa shape index (κ3) is 2.90. The quantitative estimate of drug-likeness (QED) is 0.932. The molecule has 0 aromatic carbocycles. The Morgan fingerprint density at radius 2 is 2.26 bits per heavy atom. The van der Waals surface area contributed by atoms with Crippen LogP contribution >= 0.6 is 11.3 Å². The fourth-order valence-electron chi connectivity index (χ4n) is 1.81. The maximum atomic E-state index is 10.9. The molecule has 0 atom stereocenters. The molecule has 0 aliphatic heterocycles. The number of carboxylic acids is 1. The Morgan fingerprint density at radius 1 is 1.53 bits per heavy atom. The Bertz CT molecular complexity index is 640. The van der Waals surface area contributed by atoms with Gasteiger partial charge in [-0.2, -0.15) is 5.10 Å². The first-order valence-electron chi connectivity index (χ1n) is 5.92. The first kappa shape index (κ1) is 13.5. The molecule has 2 aromatic heterocycles. The monoisotopic (exact) mass is 277 g/mol. The molecule has 2 aromatic rings. The van der Waals surface area contributed by atoms with E-state index in [9.17, 15) is 4.79 Å². The van der Waals surface area contributed by atoms with Crippen LogP contribution in [0.25, 0.3) is 12.2 Å². The number of carboxylic acid groups (broad SMARTS) is 1. The lowest BCUT2D eigenvalue weighted by molar-refractivity contribution is 0.0690. The van der Waals surface area contributed by atoms with Crippen LogP contribution in [0.4, 0.5) is 0 Å². The zero-order valence-electron chi connectivity index (χ0n) is 11.0. The van der Waals surface area contributed by atoms with Crippen molar-refractivity contribution in [1.82, 2.24) is 14.8 Å². The van der Waals surface area contributed by atoms with Gasteiger partial charge in [0.1, 0.15) is 5.01 Å². The van der Waals surface area contributed by atoms with Gasteiger partial charge in [-0.1, -0.05) is 6.92 Å². The Kier molecular flexibility index (Phi) is 3.80. The Balaban J connectivity index is 2.27. The van der Waals surface area contributed by atoms with Crippen molar-refractivity contribution in [3.8, 4) is 0 Å². The highest BCUT2D eigenvalue weighted by molar-refractivity contribution is 7.12. The number of aromatic carboxylic acids is 1. The lowest BCUT2D eigenvalue weighted by Crippen LogP contribution is -1.98. The van der Waals surface area contributed by atoms with Crippen LogP contribution in [0.2, 0.25) is 0 Å². The van der Waals surface area contributed by atoms with Gasteiger partial charge >= 0.3 is 5.97 Å². The normalized spacial score (nSPS) is 11.3. The molecular weight excluding hydrogens is 262 g/mol. The molecule has 0 saturated carbocycles. The highest BCUT2D eigenvalue weighted by Gasteiger charge is 2.12. The molecule has 0 spiro atoms. The van der Waals surface area contributed by atoms with Crippen molar-refractivity contribution in [3.63, 3.8) is 0 Å². The van der Waals surface area contributed by atoms with Crippen molar-refractivity contribution < 1.29 is 9.90 Å². The van der Waals surface area contributed by atoms with E-state index in [2.05, 4.69) is 17.0 Å². The maximum absolute atomic E-state index is 10.9. The Morgan fingerprint density at radius 3 is 2.84 bits per heavy atom. The largest absolute Gasteiger partial charge is 0.476 e. The summed E-state index contributed by atoms with van der Waals surface area (Å²) in [5, 5.41) is 14.0. The summed E-state index contributed by atoms with van der Waals surface area (Å²) in [4.78, 5) is 15.7. The van der Waals surface area contributed by atoms with Crippen molar-refractivity contribution >= 4 is 29.5 Å². The van der Waals surface area contributed by atoms with Gasteiger partial charge in [-0.15, -0.1) is 11.3 Å². The zero-order chi connectivity index (χ0) is 14.0. The lowest BCUT2D eigenvalue weighted by atomic mass is 10.2. The SMILES string of the molecule is CCc1nn(C)cc1C=Cc1nc(C(=O)O)c(C)s1. The maximum Gasteiger partial charge on any atom is 0.355 e. The molecule has 0 saturated heterocycles. The van der Waals surface area contributed by atoms with Gasteiger partial charge in [0.25, 0.3) is 0 Å². The molecule has 0 unspecified atom stereocenters. The number of nitrogens with zero attached hydrogens (tertiary/aromatic N) is 3. The van der Waals surface area contributed by atoms with E-state index >= 15 is 0 Å². The predicted molar refractivity (Wildman–Crippen MR) is 75.3 cm³/mol. The summed E-state index contributed by atoms with van der Waals surface area (Å²) < 4.78 is 1.77. The third-order valence-electron chi connectivity index (χ3n) is 2.69. The summed E-state index contributed by atoms with van der Waals surface area (Å²) in [6.45, 7) is 3.82. The number of aromatic nitrogens is 3. The number of carbonyl (C=O) groups is 1. The molecule has 6 heteroatoms. The molecule has 0 amide bonds. The van der Waals surface area contributed by atoms with Crippen molar-refractivity contribution in [3.05, 3.63) is 33.0 Å². The molecular formula is C13H15N3O2S. The first-order chi connectivity index (χ1) is 9.01. The minimum absolute atomic E-state index is 0.131. The van der Waals surface area contributed by atoms with E-state index in [4.69, 9.17) is 5.11 Å². The van der Waals surface area contributed by atoms with Crippen LogP contribution < -0.4 is 0 Å². The lowest BCUT2D eigenvalue weighted by Gasteiger charge is -1.90. The van der Waals surface area contributed by atoms with Crippen LogP contribution in [-0.2, 0) is 13.5 Å². The predicted octanol–water partition coefficient (Wildman–Crippen LogP) is 2.62. The van der Waals surface area contributed by atoms with E-state index in [0.29, 0.717) is 9.88 Å². The van der Waals surface area contributed by atoms with Crippen molar-refractivity contribution in [2.75, 3.05) is 0 Å². The van der Waals surface area contributed by atoms with Crippen LogP contribution in [0.5, 0.6) is 0 Å². The van der Waals surface area contributed by atoms with Gasteiger partial charge in [-0.3, -0.25) is 4.68 Å². The van der Waals surface area contributed by atoms with E-state index in [0.717, 1.165) is 17.7 Å². The summed E-state index contributed by atoms with van der Waals surface area (Å²) in [6.07, 6.45) is 6.56. The minimum atomic E-state index is -0.982. The zero-order valence-corrected chi connectivity index (χ0v) is 11.9. The van der Waals surface area contributed by atoms with Gasteiger partial charge in [-0.25, -0.2) is 9.78 Å². The first-order valence-corrected chi connectivity index (χ1v) is 6.74. The molecule has 100 valence electrons. The van der Waals surface area contributed by atoms with E-state index in [1.54, 1.807) is 11.6 Å². The van der Waals surface area contributed by atoms with E-state index in [1.165, 1.54) is 11.3 Å². The fourth-order valence-corrected chi connectivity index (χ4v) is 2.63. The summed E-state index contributed by atoms with van der Waals surface area (Å²) >= 11 is 1.38. The summed E-state index contributed by atoms with van der Waals surface area (Å²) in [5.41, 5.74) is 2.19. The second-order valence-electron chi connectivity index (χ2n) is 4.15. The molecule has 0 aliphatic rings. The minimum Gasteiger partial charge on any atom is -0.476 e. The molecule has 0 fully saturated rings. The second kappa shape index (κ2) is 5.36. The fraction of sp³-hybridized carbons (Fsp3) is 0.308. The molecule has 0 radical (unpaired) electrons. The second-order valence-corrected chi connectivity index (χ2v) is 5.39. The van der Waals surface area contributed by atoms with Crippen molar-refractivity contribution in [2.45, 2.75) is 20.3 Å². The molecule has 1 N–H and O–H groups in total. The Labute approximate surface area is 115 Å². The van der Waals surface area contributed by atoms with Gasteiger partial charge in [0, 0.05) is 23.7 Å². The number of rotatable bonds is 4. The van der Waals surface area contributed by atoms with E-state index in [-0.39, 0.29) is 5.69 Å². The van der Waals surface area contributed by atoms with Gasteiger partial charge in [0.2, 0.25) is 0 Å². The smallest absolute Gasteiger partial charge is 0.355 e. The van der Waals surface area contributed by atoms with Gasteiger partial charge in [0.05, 0.1) is 5.69 Å². The van der Waals surface area contributed by atoms with E-state index in [1.807, 2.05) is 25.4 Å². The summed E-state index contributed by atoms with van der Waals surface area (Å²) in [7, 11) is 1.88. The van der Waals surface area contributed by atoms with Crippen LogP contribution in [0.3, 0.4) is 0 Å². The molecule has 2 heterocycles. The summed E-state index contributed by atoms with van der Waals surface area (Å²) in [6, 6.07) is 0. The average Bonchev–Trinajstić information content (AvgIpc) is 2.89. The van der Waals surface area contributed by atoms with Gasteiger partial charge < -0.3 is 5.11 Å². The molecule has 2 rings (SSSR count). The van der Waals surface area contributed by atoms with Crippen LogP contribution in [0, 0.1) is 6.92 Å². The molecule has 19 heavy (non-hydrogen) atoms. The average molecular weight is 277 g/mol. The highest BCUT2D eigenvalue weighted by atomic mass is 32.1. The molecule has 0 aliphatic carbocycles. The topological polar surface area (TPSA) is 68.0 Å². The third-order valence-corrected chi connectivity index (χ3v) is 3.63. The number of thiazole rings is 1. The molecule has 0 bridgehead atoms. The highest BCUT2D eigenvalue weighted by Crippen LogP contribution is 2.20. The number of aryl methyl sites for hydroxylation is 3. The van der Waals surface area contributed by atoms with Crippen LogP contribution in [0.1, 0.15) is 38.6 Å². The summed E-state index contributed by atoms with van der Waals surface area (Å²) in [5.74, 6) is -0.982. The van der Waals surface area contributed by atoms with Crippen LogP contribution in [0.15, 0.2) is 6.20 Å². The number of hydrogen-bond acceptors (Lipinski definition) is 4. The number of hydrogen-bond donors (Lipinski definition) is 1. The van der Waals surface area contributed by atoms with Crippen molar-refractivity contribution in [1.29, 1.82) is 0 Å². The molecule has 5 nitrogen and oxygen atoms in total. The standard InChI is InChI=1S/C13H15N3O2S/c1-4-10-9(7-16(3)15-10)5-6-11-14-12(13(17)18)8(2)19-11/h5-7H,4H2,1-3H3,(H,17,18). The van der Waals surface area contributed by atoms with Gasteiger partial charge in [0.15, 0.2) is 5.69 Å². The van der Waals surface area contributed by atoms with Crippen LogP contribution in [-0.4, -0.2) is 25.8 Å². The van der Waals surface area contributed by atoms with E-state index < -0.39 is 5.97 Å². The van der Waals surface area contributed by atoms with Crippen molar-refractivity contribution in [2.24, 2.45) is 7.05 Å². The Hall–Kier alpha value is -1.95.